The van der Waals surface area contributed by atoms with Crippen LogP contribution in [0.5, 0.6) is 0 Å². The van der Waals surface area contributed by atoms with E-state index in [-0.39, 0.29) is 71.7 Å². The molecule has 2 fully saturated rings. The Bertz CT molecular complexity index is 2810. The summed E-state index contributed by atoms with van der Waals surface area (Å²) in [5.74, 6) is -3.47. The van der Waals surface area contributed by atoms with Gasteiger partial charge in [0.25, 0.3) is 5.91 Å². The first-order chi connectivity index (χ1) is 38.6. The number of carbonyl (C=O) groups is 8. The molecule has 2 saturated heterocycles. The van der Waals surface area contributed by atoms with Gasteiger partial charge in [0.05, 0.1) is 24.2 Å². The maximum Gasteiger partial charge on any atom is 0.251 e. The standard InChI is InChI=1S/C62H72F2N8O8/c1-39(65-3)56(74)34-45(61(79)71-29-11-17-53(71)46-32-48(37-67-35-46)57(75)41-20-24-50(63)25-21-41)13-8-9-28-69-60(78)44-15-10-14-43(31-44)55(73)19-7-5-6-16-52(70-59(77)40(2)66-4)62(80)72-30-12-18-54(72)47-33-49(38-68-36-47)58(76)42-22-26-51(64)27-23-42/h10,14-15,20-27,31-33,35-40,45,52-54,65-66H,5-9,11-13,16-19,28-30,34H2,1-4H3,(H,69,78)(H,70,77)/t39-,40-,45+,52-,53-,54-/m0/s1. The average Bonchev–Trinajstić information content (AvgIpc) is 4.22. The van der Waals surface area contributed by atoms with Crippen LogP contribution in [0.2, 0.25) is 0 Å². The summed E-state index contributed by atoms with van der Waals surface area (Å²) in [7, 11) is 3.35. The lowest BCUT2D eigenvalue weighted by Gasteiger charge is -2.30. The molecule has 0 radical (unpaired) electrons. The van der Waals surface area contributed by atoms with Crippen molar-refractivity contribution in [3.05, 3.63) is 166 Å². The molecule has 80 heavy (non-hydrogen) atoms. The number of likely N-dealkylation sites (tertiary alicyclic amines) is 2. The molecule has 4 heterocycles. The molecular formula is C62H72F2N8O8. The van der Waals surface area contributed by atoms with Crippen molar-refractivity contribution in [2.24, 2.45) is 5.92 Å². The molecular weight excluding hydrogens is 1020 g/mol. The number of amides is 4. The van der Waals surface area contributed by atoms with Crippen molar-refractivity contribution in [3.63, 3.8) is 0 Å². The summed E-state index contributed by atoms with van der Waals surface area (Å²) in [5.41, 5.74) is 3.38. The summed E-state index contributed by atoms with van der Waals surface area (Å²) in [6, 6.07) is 18.0. The van der Waals surface area contributed by atoms with Crippen molar-refractivity contribution in [3.8, 4) is 0 Å². The topological polar surface area (TPSA) is 217 Å². The normalized spacial score (nSPS) is 16.6. The van der Waals surface area contributed by atoms with Gasteiger partial charge in [-0.3, -0.25) is 48.3 Å². The van der Waals surface area contributed by atoms with E-state index in [9.17, 15) is 47.1 Å². The zero-order chi connectivity index (χ0) is 57.3. The molecule has 0 bridgehead atoms. The smallest absolute Gasteiger partial charge is 0.251 e. The molecule has 2 aromatic heterocycles. The number of ketones is 4. The first-order valence-corrected chi connectivity index (χ1v) is 27.8. The van der Waals surface area contributed by atoms with Gasteiger partial charge in [0.15, 0.2) is 17.3 Å². The molecule has 18 heteroatoms. The lowest BCUT2D eigenvalue weighted by molar-refractivity contribution is -0.139. The summed E-state index contributed by atoms with van der Waals surface area (Å²) < 4.78 is 27.1. The SMILES string of the molecule is CN[C@@H](C)C(=O)C[C@@H](CCCCNC(=O)c1cccc(C(=O)CCCCC[C@H](NC(=O)[C@H](C)NC)C(=O)N2CCC[C@H]2c2cncc(C(=O)c3ccc(F)cc3)c2)c1)C(=O)N1CCC[C@H]1c1cncc(C(=O)c2ccc(F)cc2)c1. The van der Waals surface area contributed by atoms with Gasteiger partial charge < -0.3 is 31.1 Å². The van der Waals surface area contributed by atoms with Crippen LogP contribution in [-0.2, 0) is 19.2 Å². The van der Waals surface area contributed by atoms with Crippen LogP contribution in [0.1, 0.15) is 173 Å². The first-order valence-electron chi connectivity index (χ1n) is 27.8. The Hall–Kier alpha value is -7.70. The number of hydrogen-bond donors (Lipinski definition) is 4. The van der Waals surface area contributed by atoms with Crippen LogP contribution in [-0.4, -0.2) is 118 Å². The fraction of sp³-hybridized carbons (Fsp3) is 0.419. The van der Waals surface area contributed by atoms with Crippen LogP contribution >= 0.6 is 0 Å². The Balaban J connectivity index is 0.889. The summed E-state index contributed by atoms with van der Waals surface area (Å²) in [5, 5.41) is 11.8. The Kier molecular flexibility index (Phi) is 21.7. The maximum atomic E-state index is 14.3. The monoisotopic (exact) mass is 1090 g/mol. The molecule has 3 aromatic carbocycles. The number of pyridine rings is 2. The third-order valence-electron chi connectivity index (χ3n) is 15.4. The number of likely N-dealkylation sites (N-methyl/N-ethyl adjacent to an activating group) is 2. The van der Waals surface area contributed by atoms with E-state index in [2.05, 4.69) is 31.2 Å². The van der Waals surface area contributed by atoms with Gasteiger partial charge in [0.1, 0.15) is 23.5 Å². The van der Waals surface area contributed by atoms with Gasteiger partial charge in [-0.05, 0) is 163 Å². The minimum atomic E-state index is -0.839. The van der Waals surface area contributed by atoms with E-state index in [1.54, 1.807) is 86.5 Å². The number of nitrogens with zero attached hydrogens (tertiary/aromatic N) is 4. The summed E-state index contributed by atoms with van der Waals surface area (Å²) in [4.78, 5) is 121. The lowest BCUT2D eigenvalue weighted by atomic mass is 9.91. The predicted molar refractivity (Wildman–Crippen MR) is 298 cm³/mol. The van der Waals surface area contributed by atoms with Crippen molar-refractivity contribution in [2.75, 3.05) is 33.7 Å². The van der Waals surface area contributed by atoms with Gasteiger partial charge in [-0.2, -0.15) is 0 Å². The number of hydrogen-bond acceptors (Lipinski definition) is 12. The number of nitrogens with one attached hydrogen (secondary N) is 4. The second-order valence-electron chi connectivity index (χ2n) is 20.9. The number of aromatic nitrogens is 2. The van der Waals surface area contributed by atoms with E-state index in [4.69, 9.17) is 0 Å². The van der Waals surface area contributed by atoms with Gasteiger partial charge in [-0.1, -0.05) is 31.4 Å². The lowest BCUT2D eigenvalue weighted by Crippen LogP contribution is -2.52. The van der Waals surface area contributed by atoms with Crippen molar-refractivity contribution in [1.82, 2.24) is 41.0 Å². The number of carbonyl (C=O) groups excluding carboxylic acids is 8. The van der Waals surface area contributed by atoms with E-state index in [1.807, 2.05) is 0 Å². The van der Waals surface area contributed by atoms with Crippen LogP contribution in [0.25, 0.3) is 0 Å². The highest BCUT2D eigenvalue weighted by molar-refractivity contribution is 6.09. The second kappa shape index (κ2) is 29.0. The fourth-order valence-electron chi connectivity index (χ4n) is 10.4. The number of halogens is 2. The van der Waals surface area contributed by atoms with Crippen LogP contribution in [0.15, 0.2) is 110 Å². The van der Waals surface area contributed by atoms with Crippen LogP contribution in [0, 0.1) is 17.6 Å². The molecule has 6 atom stereocenters. The molecule has 4 N–H and O–H groups in total. The van der Waals surface area contributed by atoms with E-state index in [0.29, 0.717) is 128 Å². The predicted octanol–water partition coefficient (Wildman–Crippen LogP) is 8.25. The molecule has 2 aliphatic rings. The third kappa shape index (κ3) is 15.8. The summed E-state index contributed by atoms with van der Waals surface area (Å²) in [6.45, 7) is 4.69. The molecule has 7 rings (SSSR count). The van der Waals surface area contributed by atoms with E-state index >= 15 is 0 Å². The van der Waals surface area contributed by atoms with Crippen LogP contribution in [0.3, 0.4) is 0 Å². The first kappa shape index (κ1) is 60.0. The van der Waals surface area contributed by atoms with Gasteiger partial charge in [0.2, 0.25) is 17.7 Å². The molecule has 0 unspecified atom stereocenters. The minimum Gasteiger partial charge on any atom is -0.352 e. The maximum absolute atomic E-state index is 14.3. The fourth-order valence-corrected chi connectivity index (χ4v) is 10.4. The molecule has 422 valence electrons. The number of rotatable bonds is 28. The van der Waals surface area contributed by atoms with Crippen LogP contribution < -0.4 is 21.3 Å². The minimum absolute atomic E-state index is 0.0373. The van der Waals surface area contributed by atoms with E-state index in [1.165, 1.54) is 60.9 Å². The van der Waals surface area contributed by atoms with Crippen molar-refractivity contribution in [2.45, 2.75) is 128 Å². The molecule has 4 amide bonds. The Morgan fingerprint density at radius 1 is 0.588 bits per heavy atom. The molecule has 0 spiro atoms. The van der Waals surface area contributed by atoms with Gasteiger partial charge >= 0.3 is 0 Å². The highest BCUT2D eigenvalue weighted by Gasteiger charge is 2.37. The Morgan fingerprint density at radius 2 is 1.12 bits per heavy atom. The zero-order valence-electron chi connectivity index (χ0n) is 46.0. The molecule has 16 nitrogen and oxygen atoms in total. The summed E-state index contributed by atoms with van der Waals surface area (Å²) in [6.07, 6.45) is 12.6. The van der Waals surface area contributed by atoms with Crippen molar-refractivity contribution >= 4 is 46.8 Å². The second-order valence-corrected chi connectivity index (χ2v) is 20.9. The molecule has 2 aliphatic heterocycles. The average molecular weight is 1100 g/mol. The largest absolute Gasteiger partial charge is 0.352 e. The zero-order valence-corrected chi connectivity index (χ0v) is 46.0. The van der Waals surface area contributed by atoms with Crippen molar-refractivity contribution < 1.29 is 47.1 Å². The Labute approximate surface area is 466 Å². The number of unbranched alkanes of at least 4 members (excludes halogenated alkanes) is 3. The van der Waals surface area contributed by atoms with Gasteiger partial charge in [-0.25, -0.2) is 8.78 Å². The van der Waals surface area contributed by atoms with E-state index < -0.39 is 35.7 Å². The molecule has 0 aliphatic carbocycles. The van der Waals surface area contributed by atoms with E-state index in [0.717, 1.165) is 6.42 Å². The van der Waals surface area contributed by atoms with Crippen LogP contribution in [0.4, 0.5) is 8.78 Å². The summed E-state index contributed by atoms with van der Waals surface area (Å²) >= 11 is 0. The quantitative estimate of drug-likeness (QED) is 0.0275. The van der Waals surface area contributed by atoms with Gasteiger partial charge in [-0.15, -0.1) is 0 Å². The molecule has 0 saturated carbocycles. The molecule has 5 aromatic rings. The van der Waals surface area contributed by atoms with Crippen molar-refractivity contribution in [1.29, 1.82) is 0 Å². The Morgan fingerprint density at radius 3 is 1.69 bits per heavy atom. The number of Topliss-reactive ketones (excluding diaryl/α,β-unsaturated/α-hetero) is 2. The highest BCUT2D eigenvalue weighted by atomic mass is 19.1. The highest BCUT2D eigenvalue weighted by Crippen LogP contribution is 2.36. The number of benzene rings is 3. The third-order valence-corrected chi connectivity index (χ3v) is 15.4. The van der Waals surface area contributed by atoms with Gasteiger partial charge in [0, 0.05) is 96.6 Å².